The Balaban J connectivity index is 2.09. The van der Waals surface area contributed by atoms with Gasteiger partial charge in [-0.2, -0.15) is 0 Å². The van der Waals surface area contributed by atoms with Gasteiger partial charge in [0, 0.05) is 11.1 Å². The third-order valence-corrected chi connectivity index (χ3v) is 3.36. The van der Waals surface area contributed by atoms with Gasteiger partial charge in [-0.25, -0.2) is 0 Å². The quantitative estimate of drug-likeness (QED) is 0.824. The molecule has 1 aliphatic heterocycles. The number of esters is 1. The Bertz CT molecular complexity index is 408. The van der Waals surface area contributed by atoms with Crippen LogP contribution in [0.15, 0.2) is 24.3 Å². The summed E-state index contributed by atoms with van der Waals surface area (Å²) in [4.78, 5) is 11.5. The number of ether oxygens (including phenoxy) is 1. The average molecular weight is 254 g/mol. The van der Waals surface area contributed by atoms with Gasteiger partial charge in [-0.3, -0.25) is 10.1 Å². The van der Waals surface area contributed by atoms with E-state index in [4.69, 9.17) is 16.3 Å². The van der Waals surface area contributed by atoms with Gasteiger partial charge in [0.15, 0.2) is 0 Å². The summed E-state index contributed by atoms with van der Waals surface area (Å²) in [7, 11) is 1.42. The lowest BCUT2D eigenvalue weighted by atomic mass is 9.93. The fourth-order valence-electron chi connectivity index (χ4n) is 2.25. The van der Waals surface area contributed by atoms with Gasteiger partial charge < -0.3 is 4.74 Å². The fourth-order valence-corrected chi connectivity index (χ4v) is 2.45. The molecule has 1 N–H and O–H groups in total. The molecule has 2 rings (SSSR count). The van der Waals surface area contributed by atoms with Crippen LogP contribution in [-0.2, 0) is 9.53 Å². The van der Waals surface area contributed by atoms with Crippen LogP contribution in [0.25, 0.3) is 0 Å². The molecule has 1 saturated heterocycles. The molecule has 0 aromatic heterocycles. The third-order valence-electron chi connectivity index (χ3n) is 3.12. The van der Waals surface area contributed by atoms with E-state index in [1.54, 1.807) is 0 Å². The number of carbonyl (C=O) groups excluding carboxylic acids is 1. The van der Waals surface area contributed by atoms with E-state index in [1.165, 1.54) is 7.11 Å². The highest BCUT2D eigenvalue weighted by Gasteiger charge is 2.27. The van der Waals surface area contributed by atoms with E-state index >= 15 is 0 Å². The molecule has 1 fully saturated rings. The standard InChI is InChI=1S/C13H16ClNO2/c1-17-13(16)12-7-3-6-11(15-12)9-4-2-5-10(14)8-9/h2,4-5,8,11-12,15H,3,6-7H2,1H3. The molecule has 0 bridgehead atoms. The highest BCUT2D eigenvalue weighted by Crippen LogP contribution is 2.27. The summed E-state index contributed by atoms with van der Waals surface area (Å²) in [6.45, 7) is 0. The number of carbonyl (C=O) groups is 1. The minimum atomic E-state index is -0.197. The number of nitrogens with one attached hydrogen (secondary N) is 1. The molecule has 1 heterocycles. The molecule has 17 heavy (non-hydrogen) atoms. The first-order valence-electron chi connectivity index (χ1n) is 5.80. The summed E-state index contributed by atoms with van der Waals surface area (Å²) in [6, 6.07) is 7.75. The first-order valence-corrected chi connectivity index (χ1v) is 6.18. The van der Waals surface area contributed by atoms with Crippen LogP contribution in [0.3, 0.4) is 0 Å². The predicted molar refractivity (Wildman–Crippen MR) is 67.0 cm³/mol. The minimum Gasteiger partial charge on any atom is -0.468 e. The predicted octanol–water partition coefficient (Wildman–Crippen LogP) is 2.70. The zero-order valence-electron chi connectivity index (χ0n) is 9.78. The van der Waals surface area contributed by atoms with Crippen LogP contribution >= 0.6 is 11.6 Å². The number of halogens is 1. The van der Waals surface area contributed by atoms with Gasteiger partial charge in [0.1, 0.15) is 6.04 Å². The van der Waals surface area contributed by atoms with Crippen LogP contribution in [0.5, 0.6) is 0 Å². The van der Waals surface area contributed by atoms with E-state index in [1.807, 2.05) is 24.3 Å². The molecule has 0 spiro atoms. The molecular weight excluding hydrogens is 238 g/mol. The number of methoxy groups -OCH3 is 1. The van der Waals surface area contributed by atoms with Crippen molar-refractivity contribution in [2.75, 3.05) is 7.11 Å². The molecule has 1 aliphatic rings. The molecule has 2 unspecified atom stereocenters. The normalized spacial score (nSPS) is 24.4. The molecule has 4 heteroatoms. The molecule has 0 saturated carbocycles. The summed E-state index contributed by atoms with van der Waals surface area (Å²) in [6.07, 6.45) is 2.88. The Morgan fingerprint density at radius 2 is 2.29 bits per heavy atom. The molecule has 1 aromatic carbocycles. The highest BCUT2D eigenvalue weighted by atomic mass is 35.5. The van der Waals surface area contributed by atoms with E-state index in [0.717, 1.165) is 29.8 Å². The zero-order valence-corrected chi connectivity index (χ0v) is 10.5. The molecule has 3 nitrogen and oxygen atoms in total. The summed E-state index contributed by atoms with van der Waals surface area (Å²) in [5.74, 6) is -0.184. The van der Waals surface area contributed by atoms with E-state index < -0.39 is 0 Å². The van der Waals surface area contributed by atoms with E-state index in [-0.39, 0.29) is 18.1 Å². The van der Waals surface area contributed by atoms with Gasteiger partial charge >= 0.3 is 5.97 Å². The lowest BCUT2D eigenvalue weighted by Crippen LogP contribution is -2.43. The largest absolute Gasteiger partial charge is 0.468 e. The van der Waals surface area contributed by atoms with Gasteiger partial charge in [-0.05, 0) is 37.0 Å². The Hall–Kier alpha value is -1.06. The maximum atomic E-state index is 11.5. The maximum absolute atomic E-state index is 11.5. The van der Waals surface area contributed by atoms with Crippen LogP contribution in [0.2, 0.25) is 5.02 Å². The van der Waals surface area contributed by atoms with E-state index in [0.29, 0.717) is 0 Å². The summed E-state index contributed by atoms with van der Waals surface area (Å²) >= 11 is 5.97. The van der Waals surface area contributed by atoms with Gasteiger partial charge in [-0.1, -0.05) is 23.7 Å². The molecule has 1 aromatic rings. The first kappa shape index (κ1) is 12.4. The first-order chi connectivity index (χ1) is 8.20. The second kappa shape index (κ2) is 5.52. The molecular formula is C13H16ClNO2. The van der Waals surface area contributed by atoms with Crippen molar-refractivity contribution in [1.82, 2.24) is 5.32 Å². The van der Waals surface area contributed by atoms with Gasteiger partial charge in [0.2, 0.25) is 0 Å². The lowest BCUT2D eigenvalue weighted by molar-refractivity contribution is -0.144. The number of hydrogen-bond acceptors (Lipinski definition) is 3. The highest BCUT2D eigenvalue weighted by molar-refractivity contribution is 6.30. The molecule has 0 radical (unpaired) electrons. The Kier molecular flexibility index (Phi) is 4.02. The maximum Gasteiger partial charge on any atom is 0.322 e. The van der Waals surface area contributed by atoms with Crippen LogP contribution < -0.4 is 5.32 Å². The molecule has 2 atom stereocenters. The Morgan fingerprint density at radius 3 is 3.00 bits per heavy atom. The van der Waals surface area contributed by atoms with Crippen LogP contribution in [0.4, 0.5) is 0 Å². The second-order valence-electron chi connectivity index (χ2n) is 4.28. The van der Waals surface area contributed by atoms with Crippen LogP contribution in [0.1, 0.15) is 30.9 Å². The van der Waals surface area contributed by atoms with Crippen molar-refractivity contribution in [3.63, 3.8) is 0 Å². The van der Waals surface area contributed by atoms with Crippen molar-refractivity contribution >= 4 is 17.6 Å². The topological polar surface area (TPSA) is 38.3 Å². The van der Waals surface area contributed by atoms with Gasteiger partial charge in [-0.15, -0.1) is 0 Å². The molecule has 92 valence electrons. The number of hydrogen-bond donors (Lipinski definition) is 1. The van der Waals surface area contributed by atoms with E-state index in [9.17, 15) is 4.79 Å². The van der Waals surface area contributed by atoms with Crippen molar-refractivity contribution in [2.45, 2.75) is 31.3 Å². The monoisotopic (exact) mass is 253 g/mol. The SMILES string of the molecule is COC(=O)C1CCCC(c2cccc(Cl)c2)N1. The number of piperidine rings is 1. The smallest absolute Gasteiger partial charge is 0.322 e. The van der Waals surface area contributed by atoms with Crippen molar-refractivity contribution in [2.24, 2.45) is 0 Å². The molecule has 0 aliphatic carbocycles. The summed E-state index contributed by atoms with van der Waals surface area (Å²) in [5, 5.41) is 4.04. The fraction of sp³-hybridized carbons (Fsp3) is 0.462. The summed E-state index contributed by atoms with van der Waals surface area (Å²) < 4.78 is 4.77. The van der Waals surface area contributed by atoms with Crippen molar-refractivity contribution in [1.29, 1.82) is 0 Å². The Labute approximate surface area is 106 Å². The van der Waals surface area contributed by atoms with Gasteiger partial charge in [0.25, 0.3) is 0 Å². The zero-order chi connectivity index (χ0) is 12.3. The number of rotatable bonds is 2. The minimum absolute atomic E-state index is 0.184. The van der Waals surface area contributed by atoms with Crippen molar-refractivity contribution in [3.05, 3.63) is 34.9 Å². The van der Waals surface area contributed by atoms with Crippen molar-refractivity contribution < 1.29 is 9.53 Å². The Morgan fingerprint density at radius 1 is 1.47 bits per heavy atom. The van der Waals surface area contributed by atoms with E-state index in [2.05, 4.69) is 5.32 Å². The van der Waals surface area contributed by atoms with Gasteiger partial charge in [0.05, 0.1) is 7.11 Å². The second-order valence-corrected chi connectivity index (χ2v) is 4.72. The van der Waals surface area contributed by atoms with Crippen LogP contribution in [0, 0.1) is 0 Å². The number of benzene rings is 1. The third kappa shape index (κ3) is 2.99. The average Bonchev–Trinajstić information content (AvgIpc) is 2.38. The van der Waals surface area contributed by atoms with Crippen LogP contribution in [-0.4, -0.2) is 19.1 Å². The van der Waals surface area contributed by atoms with Crippen molar-refractivity contribution in [3.8, 4) is 0 Å². The molecule has 0 amide bonds. The summed E-state index contributed by atoms with van der Waals surface area (Å²) in [5.41, 5.74) is 1.13. The lowest BCUT2D eigenvalue weighted by Gasteiger charge is -2.29.